The number of alkyl halides is 4. The summed E-state index contributed by atoms with van der Waals surface area (Å²) in [6, 6.07) is 0. The van der Waals surface area contributed by atoms with E-state index in [1.165, 1.54) is 0 Å². The summed E-state index contributed by atoms with van der Waals surface area (Å²) >= 11 is 23.0. The predicted molar refractivity (Wildman–Crippen MR) is 58.6 cm³/mol. The molecule has 0 aliphatic heterocycles. The van der Waals surface area contributed by atoms with Crippen LogP contribution in [-0.2, 0) is 0 Å². The fourth-order valence-electron chi connectivity index (χ4n) is 1.05. The summed E-state index contributed by atoms with van der Waals surface area (Å²) < 4.78 is -1.17. The minimum Gasteiger partial charge on any atom is -0.123 e. The largest absolute Gasteiger partial charge is 0.190 e. The van der Waals surface area contributed by atoms with Gasteiger partial charge >= 0.3 is 0 Å². The molecule has 0 aliphatic rings. The lowest BCUT2D eigenvalue weighted by Crippen LogP contribution is -2.18. The van der Waals surface area contributed by atoms with Crippen LogP contribution in [0.5, 0.6) is 0 Å². The van der Waals surface area contributed by atoms with Gasteiger partial charge in [0.2, 0.25) is 0 Å². The lowest BCUT2D eigenvalue weighted by Gasteiger charge is -2.21. The van der Waals surface area contributed by atoms with Crippen molar-refractivity contribution in [1.82, 2.24) is 0 Å². The van der Waals surface area contributed by atoms with Gasteiger partial charge in [-0.1, -0.05) is 55.1 Å². The van der Waals surface area contributed by atoms with Crippen LogP contribution in [0.25, 0.3) is 0 Å². The van der Waals surface area contributed by atoms with Crippen molar-refractivity contribution in [3.05, 3.63) is 0 Å². The third kappa shape index (κ3) is 6.65. The number of hydrogen-bond donors (Lipinski definition) is 0. The van der Waals surface area contributed by atoms with Gasteiger partial charge in [0.05, 0.1) is 0 Å². The van der Waals surface area contributed by atoms with E-state index in [1.807, 2.05) is 6.92 Å². The summed E-state index contributed by atoms with van der Waals surface area (Å²) in [6.07, 6.45) is 2.56. The first-order valence-electron chi connectivity index (χ1n) is 4.07. The summed E-state index contributed by atoms with van der Waals surface area (Å²) in [6.45, 7) is 4.10. The van der Waals surface area contributed by atoms with Crippen LogP contribution in [0, 0.1) is 5.92 Å². The number of rotatable bonds is 4. The molecule has 0 rings (SSSR count). The Morgan fingerprint density at radius 2 is 1.75 bits per heavy atom. The van der Waals surface area contributed by atoms with Gasteiger partial charge in [0.1, 0.15) is 0 Å². The maximum atomic E-state index is 6.06. The van der Waals surface area contributed by atoms with E-state index in [1.54, 1.807) is 0 Å². The lowest BCUT2D eigenvalue weighted by atomic mass is 10.0. The minimum absolute atomic E-state index is 0.116. The Kier molecular flexibility index (Phi) is 6.36. The molecule has 0 saturated heterocycles. The molecule has 4 heteroatoms. The molecule has 0 N–H and O–H groups in total. The monoisotopic (exact) mass is 250 g/mol. The summed E-state index contributed by atoms with van der Waals surface area (Å²) in [7, 11) is 0. The van der Waals surface area contributed by atoms with Crippen LogP contribution in [0.2, 0.25) is 0 Å². The predicted octanol–water partition coefficient (Wildman–Crippen LogP) is 4.79. The molecule has 2 atom stereocenters. The van der Waals surface area contributed by atoms with Gasteiger partial charge < -0.3 is 0 Å². The molecule has 0 nitrogen and oxygen atoms in total. The quantitative estimate of drug-likeness (QED) is 0.631. The fourth-order valence-corrected chi connectivity index (χ4v) is 2.09. The van der Waals surface area contributed by atoms with Crippen LogP contribution in [0.4, 0.5) is 0 Å². The van der Waals surface area contributed by atoms with Crippen LogP contribution in [0.3, 0.4) is 0 Å². The lowest BCUT2D eigenvalue weighted by molar-refractivity contribution is 0.485. The fraction of sp³-hybridized carbons (Fsp3) is 1.00. The van der Waals surface area contributed by atoms with Gasteiger partial charge in [0.15, 0.2) is 3.79 Å². The van der Waals surface area contributed by atoms with E-state index in [0.717, 1.165) is 12.8 Å². The molecule has 0 saturated carbocycles. The zero-order valence-corrected chi connectivity index (χ0v) is 10.3. The number of halogens is 4. The molecule has 0 bridgehead atoms. The molecule has 0 aliphatic carbocycles. The van der Waals surface area contributed by atoms with Gasteiger partial charge in [-0.15, -0.1) is 11.6 Å². The molecule has 2 unspecified atom stereocenters. The normalized spacial score (nSPS) is 17.5. The summed E-state index contributed by atoms with van der Waals surface area (Å²) in [5.74, 6) is 0.249. The van der Waals surface area contributed by atoms with Crippen molar-refractivity contribution in [2.75, 3.05) is 0 Å². The summed E-state index contributed by atoms with van der Waals surface area (Å²) in [4.78, 5) is 0. The van der Waals surface area contributed by atoms with Crippen molar-refractivity contribution in [3.8, 4) is 0 Å². The van der Waals surface area contributed by atoms with Crippen LogP contribution in [0.1, 0.15) is 33.1 Å². The molecule has 0 fully saturated rings. The van der Waals surface area contributed by atoms with Gasteiger partial charge in [-0.2, -0.15) is 0 Å². The van der Waals surface area contributed by atoms with E-state index in [-0.39, 0.29) is 11.3 Å². The van der Waals surface area contributed by atoms with Gasteiger partial charge in [0.25, 0.3) is 0 Å². The van der Waals surface area contributed by atoms with E-state index < -0.39 is 3.79 Å². The smallest absolute Gasteiger partial charge is 0.123 e. The van der Waals surface area contributed by atoms with Crippen molar-refractivity contribution < 1.29 is 0 Å². The van der Waals surface area contributed by atoms with Crippen LogP contribution >= 0.6 is 46.4 Å². The topological polar surface area (TPSA) is 0 Å². The van der Waals surface area contributed by atoms with E-state index in [4.69, 9.17) is 46.4 Å². The van der Waals surface area contributed by atoms with Gasteiger partial charge in [-0.3, -0.25) is 0 Å². The zero-order valence-electron chi connectivity index (χ0n) is 7.29. The van der Waals surface area contributed by atoms with E-state index in [2.05, 4.69) is 6.92 Å². The molecule has 0 aromatic rings. The third-order valence-corrected chi connectivity index (χ3v) is 2.85. The van der Waals surface area contributed by atoms with E-state index in [9.17, 15) is 0 Å². The Morgan fingerprint density at radius 1 is 1.25 bits per heavy atom. The molecule has 0 radical (unpaired) electrons. The molecule has 0 amide bonds. The van der Waals surface area contributed by atoms with Crippen LogP contribution in [-0.4, -0.2) is 9.17 Å². The van der Waals surface area contributed by atoms with Crippen molar-refractivity contribution in [2.24, 2.45) is 5.92 Å². The highest BCUT2D eigenvalue weighted by atomic mass is 35.6. The third-order valence-electron chi connectivity index (χ3n) is 1.74. The zero-order chi connectivity index (χ0) is 9.78. The van der Waals surface area contributed by atoms with Crippen molar-refractivity contribution in [3.63, 3.8) is 0 Å². The molecule has 0 aromatic carbocycles. The second-order valence-corrected chi connectivity index (χ2v) is 6.18. The highest BCUT2D eigenvalue weighted by Crippen LogP contribution is 2.36. The average molecular weight is 252 g/mol. The molecule has 74 valence electrons. The molecule has 0 spiro atoms. The van der Waals surface area contributed by atoms with Gasteiger partial charge in [-0.25, -0.2) is 0 Å². The van der Waals surface area contributed by atoms with Crippen molar-refractivity contribution in [2.45, 2.75) is 42.3 Å². The molecular formula is C8H14Cl4. The SMILES string of the molecule is CCCC(Cl)C(C)CC(Cl)(Cl)Cl. The second kappa shape index (κ2) is 5.80. The highest BCUT2D eigenvalue weighted by Gasteiger charge is 2.26. The maximum Gasteiger partial charge on any atom is 0.190 e. The molecule has 12 heavy (non-hydrogen) atoms. The van der Waals surface area contributed by atoms with Crippen LogP contribution < -0.4 is 0 Å². The molecular weight excluding hydrogens is 238 g/mol. The van der Waals surface area contributed by atoms with Crippen molar-refractivity contribution in [1.29, 1.82) is 0 Å². The Morgan fingerprint density at radius 3 is 2.08 bits per heavy atom. The first-order chi connectivity index (χ1) is 5.37. The molecule has 0 aromatic heterocycles. The summed E-state index contributed by atoms with van der Waals surface area (Å²) in [5.41, 5.74) is 0. The Hall–Kier alpha value is 1.16. The first kappa shape index (κ1) is 13.2. The first-order valence-corrected chi connectivity index (χ1v) is 5.64. The Bertz CT molecular complexity index is 119. The Labute approximate surface area is 94.5 Å². The van der Waals surface area contributed by atoms with E-state index >= 15 is 0 Å². The van der Waals surface area contributed by atoms with Crippen LogP contribution in [0.15, 0.2) is 0 Å². The minimum atomic E-state index is -1.17. The van der Waals surface area contributed by atoms with Gasteiger partial charge in [0, 0.05) is 5.38 Å². The second-order valence-electron chi connectivity index (χ2n) is 3.10. The average Bonchev–Trinajstić information content (AvgIpc) is 1.84. The van der Waals surface area contributed by atoms with Gasteiger partial charge in [-0.05, 0) is 18.8 Å². The highest BCUT2D eigenvalue weighted by molar-refractivity contribution is 6.67. The standard InChI is InChI=1S/C8H14Cl4/c1-3-4-7(9)6(2)5-8(10,11)12/h6-7H,3-5H2,1-2H3. The maximum absolute atomic E-state index is 6.06. The molecule has 0 heterocycles. The van der Waals surface area contributed by atoms with Crippen molar-refractivity contribution >= 4 is 46.4 Å². The Balaban J connectivity index is 3.78. The van der Waals surface area contributed by atoms with E-state index in [0.29, 0.717) is 6.42 Å². The number of hydrogen-bond acceptors (Lipinski definition) is 0. The summed E-state index contributed by atoms with van der Waals surface area (Å²) in [5, 5.41) is 0.116.